The lowest BCUT2D eigenvalue weighted by Crippen LogP contribution is -2.22. The summed E-state index contributed by atoms with van der Waals surface area (Å²) in [5.74, 6) is 0.0848. The molecule has 3 rings (SSSR count). The Morgan fingerprint density at radius 2 is 1.87 bits per heavy atom. The molecule has 23 heavy (non-hydrogen) atoms. The second kappa shape index (κ2) is 6.58. The standard InChI is InChI=1S/C17H19N5O/c1-21(2)11-17(23)13-7-3-4-8-14(13)18-12-22-16-10-6-5-9-15(16)19-20-22/h3-10,18H,11-12H2,1-2H3. The van der Waals surface area contributed by atoms with Gasteiger partial charge >= 0.3 is 0 Å². The van der Waals surface area contributed by atoms with Gasteiger partial charge in [-0.25, -0.2) is 4.68 Å². The zero-order valence-electron chi connectivity index (χ0n) is 13.2. The molecular weight excluding hydrogens is 290 g/mol. The van der Waals surface area contributed by atoms with Crippen molar-refractivity contribution in [1.29, 1.82) is 0 Å². The van der Waals surface area contributed by atoms with Gasteiger partial charge in [0.1, 0.15) is 12.2 Å². The molecule has 118 valence electrons. The van der Waals surface area contributed by atoms with E-state index in [1.54, 1.807) is 4.68 Å². The van der Waals surface area contributed by atoms with Crippen molar-refractivity contribution in [3.8, 4) is 0 Å². The number of nitrogens with one attached hydrogen (secondary N) is 1. The van der Waals surface area contributed by atoms with Gasteiger partial charge in [-0.1, -0.05) is 29.5 Å². The molecule has 0 aliphatic carbocycles. The second-order valence-corrected chi connectivity index (χ2v) is 5.62. The molecule has 0 aliphatic heterocycles. The van der Waals surface area contributed by atoms with Crippen molar-refractivity contribution in [3.05, 3.63) is 54.1 Å². The number of anilines is 1. The molecule has 6 heteroatoms. The molecule has 0 bridgehead atoms. The summed E-state index contributed by atoms with van der Waals surface area (Å²) in [6.07, 6.45) is 0. The highest BCUT2D eigenvalue weighted by molar-refractivity contribution is 6.02. The predicted molar refractivity (Wildman–Crippen MR) is 90.5 cm³/mol. The Morgan fingerprint density at radius 1 is 1.13 bits per heavy atom. The predicted octanol–water partition coefficient (Wildman–Crippen LogP) is 2.25. The van der Waals surface area contributed by atoms with E-state index in [0.29, 0.717) is 18.8 Å². The first kappa shape index (κ1) is 15.2. The lowest BCUT2D eigenvalue weighted by Gasteiger charge is -2.13. The lowest BCUT2D eigenvalue weighted by atomic mass is 10.1. The molecule has 0 saturated carbocycles. The van der Waals surface area contributed by atoms with Gasteiger partial charge in [0.15, 0.2) is 5.78 Å². The van der Waals surface area contributed by atoms with E-state index in [9.17, 15) is 4.79 Å². The van der Waals surface area contributed by atoms with Gasteiger partial charge in [0.2, 0.25) is 0 Å². The molecule has 1 heterocycles. The molecule has 0 atom stereocenters. The third-order valence-electron chi connectivity index (χ3n) is 3.53. The van der Waals surface area contributed by atoms with Crippen molar-refractivity contribution in [2.45, 2.75) is 6.67 Å². The third kappa shape index (κ3) is 3.37. The maximum Gasteiger partial charge on any atom is 0.178 e. The Balaban J connectivity index is 1.79. The highest BCUT2D eigenvalue weighted by Crippen LogP contribution is 2.17. The summed E-state index contributed by atoms with van der Waals surface area (Å²) in [4.78, 5) is 14.2. The van der Waals surface area contributed by atoms with Crippen LogP contribution < -0.4 is 5.32 Å². The molecule has 2 aromatic carbocycles. The number of carbonyl (C=O) groups excluding carboxylic acids is 1. The fourth-order valence-corrected chi connectivity index (χ4v) is 2.45. The summed E-state index contributed by atoms with van der Waals surface area (Å²) in [5, 5.41) is 11.6. The van der Waals surface area contributed by atoms with Crippen LogP contribution in [0.15, 0.2) is 48.5 Å². The van der Waals surface area contributed by atoms with Crippen LogP contribution in [0.4, 0.5) is 5.69 Å². The molecular formula is C17H19N5O. The summed E-state index contributed by atoms with van der Waals surface area (Å²) in [6, 6.07) is 15.3. The van der Waals surface area contributed by atoms with Gasteiger partial charge in [0, 0.05) is 11.3 Å². The summed E-state index contributed by atoms with van der Waals surface area (Å²) in [6.45, 7) is 0.831. The number of para-hydroxylation sites is 2. The number of nitrogens with zero attached hydrogens (tertiary/aromatic N) is 4. The van der Waals surface area contributed by atoms with Crippen molar-refractivity contribution in [1.82, 2.24) is 19.9 Å². The lowest BCUT2D eigenvalue weighted by molar-refractivity contribution is 0.0958. The van der Waals surface area contributed by atoms with E-state index in [1.165, 1.54) is 0 Å². The van der Waals surface area contributed by atoms with E-state index in [1.807, 2.05) is 67.5 Å². The van der Waals surface area contributed by atoms with Crippen LogP contribution in [0.5, 0.6) is 0 Å². The number of ketones is 1. The van der Waals surface area contributed by atoms with Gasteiger partial charge in [0.05, 0.1) is 12.1 Å². The second-order valence-electron chi connectivity index (χ2n) is 5.62. The average molecular weight is 309 g/mol. The fraction of sp³-hybridized carbons (Fsp3) is 0.235. The molecule has 3 aromatic rings. The summed E-state index contributed by atoms with van der Waals surface area (Å²) in [5.41, 5.74) is 3.30. The van der Waals surface area contributed by atoms with Crippen molar-refractivity contribution < 1.29 is 4.79 Å². The van der Waals surface area contributed by atoms with E-state index in [2.05, 4.69) is 15.6 Å². The summed E-state index contributed by atoms with van der Waals surface area (Å²) < 4.78 is 1.78. The van der Waals surface area contributed by atoms with Gasteiger partial charge < -0.3 is 10.2 Å². The first-order valence-corrected chi connectivity index (χ1v) is 7.44. The van der Waals surface area contributed by atoms with E-state index in [-0.39, 0.29) is 5.78 Å². The number of likely N-dealkylation sites (N-methyl/N-ethyl adjacent to an activating group) is 1. The van der Waals surface area contributed by atoms with Gasteiger partial charge in [-0.05, 0) is 38.4 Å². The molecule has 0 amide bonds. The number of hydrogen-bond donors (Lipinski definition) is 1. The quantitative estimate of drug-likeness (QED) is 0.708. The van der Waals surface area contributed by atoms with Gasteiger partial charge in [-0.15, -0.1) is 5.10 Å². The zero-order valence-corrected chi connectivity index (χ0v) is 13.2. The van der Waals surface area contributed by atoms with E-state index < -0.39 is 0 Å². The van der Waals surface area contributed by atoms with E-state index >= 15 is 0 Å². The highest BCUT2D eigenvalue weighted by atomic mass is 16.1. The number of fused-ring (bicyclic) bond motifs is 1. The van der Waals surface area contributed by atoms with Crippen LogP contribution in [-0.4, -0.2) is 46.3 Å². The van der Waals surface area contributed by atoms with Crippen LogP contribution in [0.1, 0.15) is 10.4 Å². The Kier molecular flexibility index (Phi) is 4.34. The molecule has 0 radical (unpaired) electrons. The van der Waals surface area contributed by atoms with Crippen LogP contribution in [0.2, 0.25) is 0 Å². The van der Waals surface area contributed by atoms with Gasteiger partial charge in [0.25, 0.3) is 0 Å². The Bertz CT molecular complexity index is 824. The third-order valence-corrected chi connectivity index (χ3v) is 3.53. The minimum absolute atomic E-state index is 0.0848. The maximum atomic E-state index is 12.3. The number of hydrogen-bond acceptors (Lipinski definition) is 5. The summed E-state index contributed by atoms with van der Waals surface area (Å²) in [7, 11) is 3.77. The van der Waals surface area contributed by atoms with Gasteiger partial charge in [-0.2, -0.15) is 0 Å². The summed E-state index contributed by atoms with van der Waals surface area (Å²) >= 11 is 0. The van der Waals surface area contributed by atoms with Crippen molar-refractivity contribution in [3.63, 3.8) is 0 Å². The highest BCUT2D eigenvalue weighted by Gasteiger charge is 2.12. The normalized spacial score (nSPS) is 11.1. The fourth-order valence-electron chi connectivity index (χ4n) is 2.45. The molecule has 0 spiro atoms. The Hall–Kier alpha value is -2.73. The maximum absolute atomic E-state index is 12.3. The van der Waals surface area contributed by atoms with Crippen LogP contribution >= 0.6 is 0 Å². The molecule has 0 aliphatic rings. The minimum atomic E-state index is 0.0848. The number of rotatable bonds is 6. The van der Waals surface area contributed by atoms with Crippen molar-refractivity contribution in [2.75, 3.05) is 26.0 Å². The zero-order chi connectivity index (χ0) is 16.2. The number of aromatic nitrogens is 3. The SMILES string of the molecule is CN(C)CC(=O)c1ccccc1NCn1nnc2ccccc21. The number of Topliss-reactive ketones (excluding diaryl/α,β-unsaturated/α-hetero) is 1. The van der Waals surface area contributed by atoms with Crippen LogP contribution in [0, 0.1) is 0 Å². The van der Waals surface area contributed by atoms with E-state index in [0.717, 1.165) is 16.7 Å². The average Bonchev–Trinajstić information content (AvgIpc) is 2.96. The van der Waals surface area contributed by atoms with Crippen molar-refractivity contribution in [2.24, 2.45) is 0 Å². The Morgan fingerprint density at radius 3 is 2.70 bits per heavy atom. The van der Waals surface area contributed by atoms with Crippen LogP contribution in [0.3, 0.4) is 0 Å². The first-order valence-electron chi connectivity index (χ1n) is 7.44. The first-order chi connectivity index (χ1) is 11.1. The van der Waals surface area contributed by atoms with Gasteiger partial charge in [-0.3, -0.25) is 4.79 Å². The minimum Gasteiger partial charge on any atom is -0.366 e. The molecule has 1 aromatic heterocycles. The number of carbonyl (C=O) groups is 1. The van der Waals surface area contributed by atoms with E-state index in [4.69, 9.17) is 0 Å². The molecule has 0 unspecified atom stereocenters. The Labute approximate surface area is 134 Å². The monoisotopic (exact) mass is 309 g/mol. The largest absolute Gasteiger partial charge is 0.366 e. The number of benzene rings is 2. The smallest absolute Gasteiger partial charge is 0.178 e. The molecule has 1 N–H and O–H groups in total. The van der Waals surface area contributed by atoms with Crippen LogP contribution in [-0.2, 0) is 6.67 Å². The van der Waals surface area contributed by atoms with Crippen molar-refractivity contribution >= 4 is 22.5 Å². The molecule has 0 fully saturated rings. The molecule has 6 nitrogen and oxygen atoms in total. The molecule has 0 saturated heterocycles. The topological polar surface area (TPSA) is 63.1 Å². The van der Waals surface area contributed by atoms with Crippen LogP contribution in [0.25, 0.3) is 11.0 Å².